The molecule has 2 aromatic heterocycles. The second-order valence-electron chi connectivity index (χ2n) is 7.07. The van der Waals surface area contributed by atoms with Gasteiger partial charge in [0.15, 0.2) is 0 Å². The second-order valence-corrected chi connectivity index (χ2v) is 7.07. The Kier molecular flexibility index (Phi) is 4.21. The summed E-state index contributed by atoms with van der Waals surface area (Å²) < 4.78 is 1.77. The summed E-state index contributed by atoms with van der Waals surface area (Å²) in [5.74, 6) is -0.883. The molecule has 0 saturated heterocycles. The quantitative estimate of drug-likeness (QED) is 0.715. The molecule has 0 saturated carbocycles. The molecule has 146 valence electrons. The Morgan fingerprint density at radius 1 is 1.07 bits per heavy atom. The Morgan fingerprint density at radius 2 is 1.90 bits per heavy atom. The van der Waals surface area contributed by atoms with Gasteiger partial charge in [-0.05, 0) is 36.8 Å². The van der Waals surface area contributed by atoms with Gasteiger partial charge in [0.05, 0.1) is 17.3 Å². The van der Waals surface area contributed by atoms with E-state index in [9.17, 15) is 9.59 Å². The number of imidazole rings is 1. The number of pyridine rings is 1. The summed E-state index contributed by atoms with van der Waals surface area (Å²) in [6, 6.07) is 12.9. The first-order valence-corrected chi connectivity index (χ1v) is 9.52. The lowest BCUT2D eigenvalue weighted by atomic mass is 9.89. The van der Waals surface area contributed by atoms with Crippen LogP contribution >= 0.6 is 0 Å². The van der Waals surface area contributed by atoms with E-state index in [-0.39, 0.29) is 17.7 Å². The maximum absolute atomic E-state index is 12.9. The zero-order valence-corrected chi connectivity index (χ0v) is 16.1. The molecule has 7 nitrogen and oxygen atoms in total. The van der Waals surface area contributed by atoms with Gasteiger partial charge in [0.25, 0.3) is 11.8 Å². The van der Waals surface area contributed by atoms with Crippen molar-refractivity contribution in [2.24, 2.45) is 16.1 Å². The molecule has 2 amide bonds. The SMILES string of the molecule is Cc1nc2ccccn2c1C(=O)Nc1ccc(C2=C3C=CC=CC3C(=O)N=N2)cc1. The van der Waals surface area contributed by atoms with Crippen LogP contribution in [0.4, 0.5) is 5.69 Å². The van der Waals surface area contributed by atoms with Gasteiger partial charge in [-0.1, -0.05) is 42.5 Å². The smallest absolute Gasteiger partial charge is 0.276 e. The summed E-state index contributed by atoms with van der Waals surface area (Å²) in [5, 5.41) is 10.8. The van der Waals surface area contributed by atoms with Crippen molar-refractivity contribution >= 4 is 28.8 Å². The maximum Gasteiger partial charge on any atom is 0.276 e. The first-order chi connectivity index (χ1) is 14.6. The molecule has 1 aromatic carbocycles. The van der Waals surface area contributed by atoms with Crippen LogP contribution < -0.4 is 5.32 Å². The predicted molar refractivity (Wildman–Crippen MR) is 113 cm³/mol. The zero-order chi connectivity index (χ0) is 20.7. The molecular formula is C23H17N5O2. The summed E-state index contributed by atoms with van der Waals surface area (Å²) in [6.45, 7) is 1.82. The lowest BCUT2D eigenvalue weighted by Gasteiger charge is -2.19. The molecule has 1 aliphatic carbocycles. The molecule has 1 aliphatic heterocycles. The average molecular weight is 395 g/mol. The predicted octanol–water partition coefficient (Wildman–Crippen LogP) is 4.34. The summed E-state index contributed by atoms with van der Waals surface area (Å²) in [4.78, 5) is 29.3. The molecular weight excluding hydrogens is 378 g/mol. The molecule has 3 aromatic rings. The number of amides is 2. The van der Waals surface area contributed by atoms with Gasteiger partial charge in [0.1, 0.15) is 11.3 Å². The van der Waals surface area contributed by atoms with Crippen molar-refractivity contribution in [1.82, 2.24) is 9.38 Å². The van der Waals surface area contributed by atoms with Crippen LogP contribution in [0.3, 0.4) is 0 Å². The summed E-state index contributed by atoms with van der Waals surface area (Å²) in [7, 11) is 0. The number of aryl methyl sites for hydroxylation is 1. The third kappa shape index (κ3) is 2.97. The van der Waals surface area contributed by atoms with E-state index in [4.69, 9.17) is 0 Å². The van der Waals surface area contributed by atoms with Crippen molar-refractivity contribution < 1.29 is 9.59 Å². The lowest BCUT2D eigenvalue weighted by Crippen LogP contribution is -2.17. The van der Waals surface area contributed by atoms with Gasteiger partial charge in [0, 0.05) is 17.4 Å². The van der Waals surface area contributed by atoms with E-state index in [0.717, 1.165) is 16.8 Å². The van der Waals surface area contributed by atoms with Crippen molar-refractivity contribution in [3.05, 3.63) is 95.5 Å². The Hall–Kier alpha value is -4.13. The molecule has 0 bridgehead atoms. The fraction of sp³-hybridized carbons (Fsp3) is 0.0870. The molecule has 0 spiro atoms. The third-order valence-corrected chi connectivity index (χ3v) is 5.15. The van der Waals surface area contributed by atoms with Gasteiger partial charge >= 0.3 is 0 Å². The number of hydrogen-bond donors (Lipinski definition) is 1. The van der Waals surface area contributed by atoms with Crippen LogP contribution in [0.15, 0.2) is 88.8 Å². The number of carbonyl (C=O) groups excluding carboxylic acids is 2. The van der Waals surface area contributed by atoms with Crippen molar-refractivity contribution in [1.29, 1.82) is 0 Å². The lowest BCUT2D eigenvalue weighted by molar-refractivity contribution is -0.119. The Labute approximate surface area is 172 Å². The Morgan fingerprint density at radius 3 is 2.73 bits per heavy atom. The number of anilines is 1. The number of fused-ring (bicyclic) bond motifs is 2. The minimum Gasteiger partial charge on any atom is -0.321 e. The molecule has 3 heterocycles. The van der Waals surface area contributed by atoms with E-state index in [1.54, 1.807) is 4.40 Å². The van der Waals surface area contributed by atoms with Gasteiger partial charge in [-0.3, -0.25) is 14.0 Å². The van der Waals surface area contributed by atoms with E-state index in [1.807, 2.05) is 79.9 Å². The summed E-state index contributed by atoms with van der Waals surface area (Å²) >= 11 is 0. The number of allylic oxidation sites excluding steroid dienone is 3. The van der Waals surface area contributed by atoms with E-state index in [2.05, 4.69) is 20.5 Å². The Balaban J connectivity index is 1.42. The van der Waals surface area contributed by atoms with Crippen LogP contribution in [0.25, 0.3) is 11.3 Å². The fourth-order valence-electron chi connectivity index (χ4n) is 3.72. The van der Waals surface area contributed by atoms with Crippen molar-refractivity contribution in [3.63, 3.8) is 0 Å². The standard InChI is InChI=1S/C23H17N5O2/c1-14-21(28-13-5-4-8-19(28)24-14)23(30)25-16-11-9-15(10-12-16)20-17-6-2-3-7-18(17)22(29)27-26-20/h2-13,18H,1H3,(H,25,30). The number of carbonyl (C=O) groups is 2. The minimum absolute atomic E-state index is 0.232. The normalized spacial score (nSPS) is 17.5. The molecule has 2 aliphatic rings. The first kappa shape index (κ1) is 17.9. The van der Waals surface area contributed by atoms with E-state index >= 15 is 0 Å². The van der Waals surface area contributed by atoms with Crippen LogP contribution in [0.5, 0.6) is 0 Å². The number of nitrogens with one attached hydrogen (secondary N) is 1. The number of nitrogens with zero attached hydrogens (tertiary/aromatic N) is 4. The zero-order valence-electron chi connectivity index (χ0n) is 16.1. The summed E-state index contributed by atoms with van der Waals surface area (Å²) in [6.07, 6.45) is 9.25. The Bertz CT molecular complexity index is 1310. The summed E-state index contributed by atoms with van der Waals surface area (Å²) in [5.41, 5.74) is 4.87. The van der Waals surface area contributed by atoms with E-state index < -0.39 is 0 Å². The average Bonchev–Trinajstić information content (AvgIpc) is 3.11. The highest BCUT2D eigenvalue weighted by molar-refractivity contribution is 6.04. The molecule has 5 rings (SSSR count). The van der Waals surface area contributed by atoms with Gasteiger partial charge in [-0.2, -0.15) is 0 Å². The highest BCUT2D eigenvalue weighted by Gasteiger charge is 2.27. The number of rotatable bonds is 3. The van der Waals surface area contributed by atoms with Crippen LogP contribution in [0.2, 0.25) is 0 Å². The molecule has 1 unspecified atom stereocenters. The number of azo groups is 1. The van der Waals surface area contributed by atoms with Crippen molar-refractivity contribution in [2.75, 3.05) is 5.32 Å². The molecule has 1 atom stereocenters. The van der Waals surface area contributed by atoms with Crippen LogP contribution in [0, 0.1) is 12.8 Å². The highest BCUT2D eigenvalue weighted by atomic mass is 16.2. The van der Waals surface area contributed by atoms with Crippen molar-refractivity contribution in [3.8, 4) is 0 Å². The molecule has 7 heteroatoms. The molecule has 30 heavy (non-hydrogen) atoms. The van der Waals surface area contributed by atoms with Gasteiger partial charge in [-0.15, -0.1) is 10.2 Å². The number of aromatic nitrogens is 2. The molecule has 1 N–H and O–H groups in total. The van der Waals surface area contributed by atoms with Gasteiger partial charge < -0.3 is 5.32 Å². The molecule has 0 fully saturated rings. The van der Waals surface area contributed by atoms with Crippen LogP contribution in [-0.4, -0.2) is 21.2 Å². The van der Waals surface area contributed by atoms with Crippen LogP contribution in [-0.2, 0) is 4.79 Å². The topological polar surface area (TPSA) is 88.2 Å². The number of benzene rings is 1. The van der Waals surface area contributed by atoms with E-state index in [1.165, 1.54) is 0 Å². The van der Waals surface area contributed by atoms with Crippen LogP contribution in [0.1, 0.15) is 21.7 Å². The highest BCUT2D eigenvalue weighted by Crippen LogP contribution is 2.34. The monoisotopic (exact) mass is 395 g/mol. The van der Waals surface area contributed by atoms with Gasteiger partial charge in [-0.25, -0.2) is 4.98 Å². The largest absolute Gasteiger partial charge is 0.321 e. The molecule has 0 radical (unpaired) electrons. The fourth-order valence-corrected chi connectivity index (χ4v) is 3.72. The third-order valence-electron chi connectivity index (χ3n) is 5.15. The first-order valence-electron chi connectivity index (χ1n) is 9.52. The number of hydrogen-bond acceptors (Lipinski definition) is 4. The minimum atomic E-state index is -0.389. The maximum atomic E-state index is 12.9. The second kappa shape index (κ2) is 7.04. The van der Waals surface area contributed by atoms with Crippen molar-refractivity contribution in [2.45, 2.75) is 6.92 Å². The van der Waals surface area contributed by atoms with Gasteiger partial charge in [0.2, 0.25) is 0 Å². The van der Waals surface area contributed by atoms with E-state index in [0.29, 0.717) is 22.8 Å².